The average molecular weight is 1080 g/mol. The van der Waals surface area contributed by atoms with Crippen molar-refractivity contribution in [3.05, 3.63) is 268 Å². The van der Waals surface area contributed by atoms with Crippen molar-refractivity contribution >= 4 is 119 Å². The summed E-state index contributed by atoms with van der Waals surface area (Å²) in [7, 11) is 0. The van der Waals surface area contributed by atoms with Crippen molar-refractivity contribution in [1.82, 2.24) is 38.2 Å². The molecule has 8 nitrogen and oxygen atoms in total. The molecule has 0 spiro atoms. The van der Waals surface area contributed by atoms with E-state index in [1.54, 1.807) is 0 Å². The fourth-order valence-electron chi connectivity index (χ4n) is 13.5. The molecule has 0 aliphatic rings. The summed E-state index contributed by atoms with van der Waals surface area (Å²) >= 11 is 1.84. The van der Waals surface area contributed by atoms with Crippen LogP contribution in [0.3, 0.4) is 0 Å². The molecular formula is C74H44N8S. The molecule has 0 aliphatic heterocycles. The summed E-state index contributed by atoms with van der Waals surface area (Å²) in [6, 6.07) is 83.8. The lowest BCUT2D eigenvalue weighted by molar-refractivity contribution is 0.961. The highest BCUT2D eigenvalue weighted by Crippen LogP contribution is 2.52. The zero-order valence-corrected chi connectivity index (χ0v) is 45.2. The molecule has 386 valence electrons. The van der Waals surface area contributed by atoms with E-state index in [9.17, 15) is 0 Å². The van der Waals surface area contributed by atoms with E-state index < -0.39 is 0 Å². The highest BCUT2D eigenvalue weighted by Gasteiger charge is 2.34. The maximum atomic E-state index is 6.50. The molecule has 0 aliphatic carbocycles. The third kappa shape index (κ3) is 6.62. The number of pyridine rings is 4. The smallest absolute Gasteiger partial charge is 0.165 e. The largest absolute Gasteiger partial charge is 0.305 e. The summed E-state index contributed by atoms with van der Waals surface area (Å²) in [5.41, 5.74) is 16.7. The molecule has 83 heavy (non-hydrogen) atoms. The van der Waals surface area contributed by atoms with E-state index in [0.29, 0.717) is 0 Å². The molecule has 0 radical (unpaired) electrons. The van der Waals surface area contributed by atoms with Crippen molar-refractivity contribution in [3.63, 3.8) is 0 Å². The van der Waals surface area contributed by atoms with Gasteiger partial charge in [0.1, 0.15) is 11.4 Å². The van der Waals surface area contributed by atoms with Crippen LogP contribution in [0.1, 0.15) is 0 Å². The van der Waals surface area contributed by atoms with Gasteiger partial charge in [-0.1, -0.05) is 164 Å². The summed E-state index contributed by atoms with van der Waals surface area (Å²) in [5.74, 6) is 1.52. The molecule has 0 N–H and O–H groups in total. The van der Waals surface area contributed by atoms with Gasteiger partial charge in [0.25, 0.3) is 0 Å². The van der Waals surface area contributed by atoms with Gasteiger partial charge in [0.05, 0.1) is 44.1 Å². The minimum absolute atomic E-state index is 0.757. The van der Waals surface area contributed by atoms with Gasteiger partial charge in [0.2, 0.25) is 0 Å². The number of fused-ring (bicyclic) bond motifs is 15. The number of aromatic nitrogens is 8. The second-order valence-corrected chi connectivity index (χ2v) is 22.4. The molecule has 9 aromatic heterocycles. The van der Waals surface area contributed by atoms with Crippen LogP contribution in [-0.2, 0) is 0 Å². The third-order valence-corrected chi connectivity index (χ3v) is 18.3. The Kier molecular flexibility index (Phi) is 9.80. The summed E-state index contributed by atoms with van der Waals surface area (Å²) in [5, 5.41) is 11.1. The third-order valence-electron chi connectivity index (χ3n) is 17.1. The van der Waals surface area contributed by atoms with Gasteiger partial charge >= 0.3 is 0 Å². The van der Waals surface area contributed by atoms with Crippen molar-refractivity contribution in [2.75, 3.05) is 0 Å². The molecule has 9 heterocycles. The van der Waals surface area contributed by atoms with Gasteiger partial charge in [-0.15, -0.1) is 11.3 Å². The topological polar surface area (TPSA) is 71.3 Å². The van der Waals surface area contributed by atoms with Gasteiger partial charge in [-0.3, -0.25) is 24.1 Å². The fourth-order valence-corrected chi connectivity index (χ4v) is 14.7. The minimum atomic E-state index is 0.757. The Balaban J connectivity index is 1.14. The SMILES string of the molecule is c1ccc(-c2ccc3c(c2)c2cc(-c4ccccc4)ccc2n3-c2nc(-n3c4ccccc4c4cnccc43)c(-n3c4ccccc4c4cnccc43)c(-c3cccc4c3sc3ccccc34)c2-n2c3ccccc3c3cnccc32)cc1. The molecule has 9 aromatic carbocycles. The number of nitrogens with zero attached hydrogens (tertiary/aromatic N) is 8. The molecular weight excluding hydrogens is 1030 g/mol. The zero-order chi connectivity index (χ0) is 54.3. The zero-order valence-electron chi connectivity index (χ0n) is 44.4. The van der Waals surface area contributed by atoms with E-state index >= 15 is 0 Å². The lowest BCUT2D eigenvalue weighted by Gasteiger charge is -2.27. The normalized spacial score (nSPS) is 12.1. The lowest BCUT2D eigenvalue weighted by atomic mass is 9.98. The second-order valence-electron chi connectivity index (χ2n) is 21.4. The first-order valence-corrected chi connectivity index (χ1v) is 28.7. The molecule has 0 amide bonds. The Morgan fingerprint density at radius 1 is 0.277 bits per heavy atom. The van der Waals surface area contributed by atoms with Gasteiger partial charge in [-0.25, -0.2) is 4.98 Å². The van der Waals surface area contributed by atoms with Crippen LogP contribution in [0.15, 0.2) is 268 Å². The van der Waals surface area contributed by atoms with Crippen molar-refractivity contribution in [2.45, 2.75) is 0 Å². The molecule has 0 bridgehead atoms. The highest BCUT2D eigenvalue weighted by molar-refractivity contribution is 7.26. The number of para-hydroxylation sites is 3. The monoisotopic (exact) mass is 1080 g/mol. The predicted molar refractivity (Wildman–Crippen MR) is 344 cm³/mol. The van der Waals surface area contributed by atoms with E-state index in [2.05, 4.69) is 249 Å². The Bertz CT molecular complexity index is 5450. The molecule has 18 rings (SSSR count). The molecule has 0 saturated carbocycles. The fraction of sp³-hybridized carbons (Fsp3) is 0. The Labute approximate surface area is 478 Å². The lowest BCUT2D eigenvalue weighted by Crippen LogP contribution is -2.16. The van der Waals surface area contributed by atoms with E-state index in [-0.39, 0.29) is 0 Å². The summed E-state index contributed by atoms with van der Waals surface area (Å²) in [6.45, 7) is 0. The van der Waals surface area contributed by atoms with Gasteiger partial charge in [-0.2, -0.15) is 0 Å². The minimum Gasteiger partial charge on any atom is -0.305 e. The Morgan fingerprint density at radius 2 is 0.675 bits per heavy atom. The van der Waals surface area contributed by atoms with Gasteiger partial charge in [-0.05, 0) is 89.0 Å². The summed E-state index contributed by atoms with van der Waals surface area (Å²) in [4.78, 5) is 20.9. The van der Waals surface area contributed by atoms with Gasteiger partial charge in [0, 0.05) is 112 Å². The van der Waals surface area contributed by atoms with Crippen LogP contribution in [0.4, 0.5) is 0 Å². The maximum Gasteiger partial charge on any atom is 0.165 e. The second kappa shape index (κ2) is 17.7. The van der Waals surface area contributed by atoms with Crippen LogP contribution in [-0.4, -0.2) is 38.2 Å². The molecule has 0 unspecified atom stereocenters. The summed E-state index contributed by atoms with van der Waals surface area (Å²) < 4.78 is 12.2. The first-order valence-electron chi connectivity index (χ1n) is 27.9. The van der Waals surface area contributed by atoms with Crippen molar-refractivity contribution < 1.29 is 0 Å². The standard InChI is InChI=1S/C74H44N8S/c1-3-16-45(17-4-1)47-30-32-63-55(40-47)56-41-48(46-18-5-2-6-19-46)31-33-64(56)82(63)74-71(80-61-27-12-8-21-50(61)58-43-76-38-35-66(58)80)69(54-25-15-24-53-52-23-10-14-29-68(52)83-72(53)54)70(79-60-26-11-7-20-49(60)57-42-75-37-34-65(57)79)73(78-74)81-62-28-13-9-22-51(62)59-44-77-39-36-67(59)81/h1-44H. The number of thiophene rings is 1. The molecule has 0 saturated heterocycles. The van der Waals surface area contributed by atoms with E-state index in [1.807, 2.05) is 48.5 Å². The van der Waals surface area contributed by atoms with Crippen LogP contribution >= 0.6 is 11.3 Å². The number of benzene rings is 9. The average Bonchev–Trinajstić information content (AvgIpc) is 1.85. The van der Waals surface area contributed by atoms with Gasteiger partial charge < -0.3 is 9.13 Å². The Hall–Kier alpha value is -11.0. The van der Waals surface area contributed by atoms with Crippen molar-refractivity contribution in [3.8, 4) is 56.4 Å². The van der Waals surface area contributed by atoms with Crippen LogP contribution in [0.25, 0.3) is 164 Å². The molecule has 18 aromatic rings. The predicted octanol–water partition coefficient (Wildman–Crippen LogP) is 19.0. The van der Waals surface area contributed by atoms with Crippen molar-refractivity contribution in [2.24, 2.45) is 0 Å². The first-order chi connectivity index (χ1) is 41.2. The molecule has 9 heteroatoms. The summed E-state index contributed by atoms with van der Waals surface area (Å²) in [6.07, 6.45) is 11.8. The number of hydrogen-bond donors (Lipinski definition) is 0. The van der Waals surface area contributed by atoms with E-state index in [1.165, 1.54) is 20.2 Å². The molecule has 0 atom stereocenters. The van der Waals surface area contributed by atoms with E-state index in [4.69, 9.17) is 19.9 Å². The highest BCUT2D eigenvalue weighted by atomic mass is 32.1. The van der Waals surface area contributed by atoms with E-state index in [0.717, 1.165) is 144 Å². The van der Waals surface area contributed by atoms with Crippen LogP contribution in [0.5, 0.6) is 0 Å². The van der Waals surface area contributed by atoms with Crippen molar-refractivity contribution in [1.29, 1.82) is 0 Å². The van der Waals surface area contributed by atoms with Crippen LogP contribution in [0.2, 0.25) is 0 Å². The molecule has 0 fully saturated rings. The first kappa shape index (κ1) is 45.8. The number of rotatable bonds is 7. The Morgan fingerprint density at radius 3 is 1.18 bits per heavy atom. The number of hydrogen-bond acceptors (Lipinski definition) is 5. The van der Waals surface area contributed by atoms with Crippen LogP contribution in [0, 0.1) is 0 Å². The van der Waals surface area contributed by atoms with Crippen LogP contribution < -0.4 is 0 Å². The quantitative estimate of drug-likeness (QED) is 0.159. The van der Waals surface area contributed by atoms with Gasteiger partial charge in [0.15, 0.2) is 11.6 Å². The maximum absolute atomic E-state index is 6.50.